The molecule has 38 heavy (non-hydrogen) atoms. The minimum atomic E-state index is -1.54. The molecule has 1 aromatic carbocycles. The van der Waals surface area contributed by atoms with Crippen LogP contribution >= 0.6 is 0 Å². The maximum absolute atomic E-state index is 13.1. The number of hydrogen-bond donors (Lipinski definition) is 10. The number of amides is 4. The Morgan fingerprint density at radius 1 is 0.868 bits per heavy atom. The monoisotopic (exact) mass is 538 g/mol. The second-order valence-corrected chi connectivity index (χ2v) is 8.30. The number of benzene rings is 1. The normalized spacial score (nSPS) is 13.7. The van der Waals surface area contributed by atoms with E-state index in [9.17, 15) is 34.2 Å². The average molecular weight is 539 g/mol. The van der Waals surface area contributed by atoms with E-state index >= 15 is 0 Å². The maximum Gasteiger partial charge on any atom is 0.326 e. The third-order valence-corrected chi connectivity index (χ3v) is 5.14. The topological polar surface area (TPSA) is 299 Å². The number of primary amides is 1. The standard InChI is InChI=1S/C22H34N8O8/c23-13(10-31)18(34)29-16(9-17(24)33)20(36)30-15(8-11-3-5-12(32)6-4-11)19(35)28-14(21(37)38)2-1-7-27-22(25)26/h3-6,13-16,31-32H,1-2,7-10,23H2,(H2,24,33)(H,28,35)(H,29,34)(H,30,36)(H,37,38)(H4,25,26,27). The minimum absolute atomic E-state index is 0.0306. The molecule has 4 unspecified atom stereocenters. The second kappa shape index (κ2) is 15.6. The molecule has 0 spiro atoms. The van der Waals surface area contributed by atoms with Crippen LogP contribution in [0.25, 0.3) is 0 Å². The minimum Gasteiger partial charge on any atom is -0.508 e. The van der Waals surface area contributed by atoms with Crippen molar-refractivity contribution in [2.45, 2.75) is 49.9 Å². The number of phenolic OH excluding ortho intramolecular Hbond substituents is 1. The van der Waals surface area contributed by atoms with Crippen molar-refractivity contribution in [1.29, 1.82) is 0 Å². The lowest BCUT2D eigenvalue weighted by molar-refractivity contribution is -0.142. The van der Waals surface area contributed by atoms with Crippen LogP contribution < -0.4 is 38.9 Å². The number of aliphatic carboxylic acids is 1. The molecule has 0 heterocycles. The van der Waals surface area contributed by atoms with Crippen molar-refractivity contribution in [3.8, 4) is 5.75 Å². The summed E-state index contributed by atoms with van der Waals surface area (Å²) in [4.78, 5) is 65.1. The Labute approximate surface area is 217 Å². The number of aromatic hydroxyl groups is 1. The molecule has 0 saturated heterocycles. The summed E-state index contributed by atoms with van der Waals surface area (Å²) in [6.45, 7) is -0.609. The number of hydrogen-bond acceptors (Lipinski definition) is 9. The Bertz CT molecular complexity index is 1010. The summed E-state index contributed by atoms with van der Waals surface area (Å²) in [5, 5.41) is 35.0. The molecular formula is C22H34N8O8. The summed E-state index contributed by atoms with van der Waals surface area (Å²) in [5.74, 6) is -5.31. The highest BCUT2D eigenvalue weighted by molar-refractivity contribution is 5.96. The zero-order valence-corrected chi connectivity index (χ0v) is 20.5. The fourth-order valence-corrected chi connectivity index (χ4v) is 3.15. The smallest absolute Gasteiger partial charge is 0.326 e. The SMILES string of the molecule is NC(=O)CC(NC(=O)C(N)CO)C(=O)NC(Cc1ccc(O)cc1)C(=O)NC(CCCN=C(N)N)C(=O)O. The summed E-state index contributed by atoms with van der Waals surface area (Å²) in [6.07, 6.45) is -0.601. The molecule has 0 aromatic heterocycles. The molecule has 0 fully saturated rings. The molecular weight excluding hydrogens is 504 g/mol. The van der Waals surface area contributed by atoms with E-state index in [-0.39, 0.29) is 37.5 Å². The Morgan fingerprint density at radius 3 is 1.95 bits per heavy atom. The van der Waals surface area contributed by atoms with E-state index in [0.717, 1.165) is 0 Å². The van der Waals surface area contributed by atoms with Crippen LogP contribution in [0.15, 0.2) is 29.3 Å². The highest BCUT2D eigenvalue weighted by Gasteiger charge is 2.31. The van der Waals surface area contributed by atoms with Gasteiger partial charge in [0, 0.05) is 13.0 Å². The van der Waals surface area contributed by atoms with Crippen molar-refractivity contribution in [2.24, 2.45) is 27.9 Å². The van der Waals surface area contributed by atoms with E-state index in [1.54, 1.807) is 0 Å². The number of aliphatic hydroxyl groups is 1. The van der Waals surface area contributed by atoms with Crippen LogP contribution in [0.5, 0.6) is 5.75 Å². The molecule has 0 aliphatic rings. The summed E-state index contributed by atoms with van der Waals surface area (Å²) in [7, 11) is 0. The first-order chi connectivity index (χ1) is 17.8. The van der Waals surface area contributed by atoms with E-state index in [0.29, 0.717) is 5.56 Å². The predicted molar refractivity (Wildman–Crippen MR) is 134 cm³/mol. The van der Waals surface area contributed by atoms with E-state index < -0.39 is 66.8 Å². The van der Waals surface area contributed by atoms with Gasteiger partial charge in [0.15, 0.2) is 5.96 Å². The van der Waals surface area contributed by atoms with Gasteiger partial charge in [0.1, 0.15) is 29.9 Å². The lowest BCUT2D eigenvalue weighted by Gasteiger charge is -2.25. The van der Waals surface area contributed by atoms with Crippen molar-refractivity contribution >= 4 is 35.6 Å². The van der Waals surface area contributed by atoms with Gasteiger partial charge in [-0.15, -0.1) is 0 Å². The fourth-order valence-electron chi connectivity index (χ4n) is 3.15. The molecule has 0 aliphatic heterocycles. The second-order valence-electron chi connectivity index (χ2n) is 8.30. The molecule has 210 valence electrons. The van der Waals surface area contributed by atoms with Crippen LogP contribution in [0.3, 0.4) is 0 Å². The number of nitrogens with one attached hydrogen (secondary N) is 3. The van der Waals surface area contributed by atoms with Crippen molar-refractivity contribution in [2.75, 3.05) is 13.2 Å². The number of nitrogens with zero attached hydrogens (tertiary/aromatic N) is 1. The zero-order valence-electron chi connectivity index (χ0n) is 20.5. The average Bonchev–Trinajstić information content (AvgIpc) is 2.84. The van der Waals surface area contributed by atoms with Crippen LogP contribution in [0.4, 0.5) is 0 Å². The number of carboxylic acid groups (broad SMARTS) is 1. The van der Waals surface area contributed by atoms with E-state index in [4.69, 9.17) is 28.0 Å². The maximum atomic E-state index is 13.1. The van der Waals surface area contributed by atoms with Crippen LogP contribution in [0.2, 0.25) is 0 Å². The summed E-state index contributed by atoms with van der Waals surface area (Å²) in [6, 6.07) is 0.0188. The first kappa shape index (κ1) is 31.6. The summed E-state index contributed by atoms with van der Waals surface area (Å²) >= 11 is 0. The largest absolute Gasteiger partial charge is 0.508 e. The Morgan fingerprint density at radius 2 is 1.42 bits per heavy atom. The molecule has 0 aliphatic carbocycles. The van der Waals surface area contributed by atoms with Gasteiger partial charge < -0.3 is 54.2 Å². The number of aliphatic hydroxyl groups excluding tert-OH is 1. The zero-order chi connectivity index (χ0) is 28.8. The molecule has 1 aromatic rings. The summed E-state index contributed by atoms with van der Waals surface area (Å²) in [5.41, 5.74) is 21.6. The van der Waals surface area contributed by atoms with E-state index in [2.05, 4.69) is 20.9 Å². The van der Waals surface area contributed by atoms with Gasteiger partial charge in [0.2, 0.25) is 23.6 Å². The van der Waals surface area contributed by atoms with Gasteiger partial charge in [-0.2, -0.15) is 0 Å². The Kier molecular flexibility index (Phi) is 13.0. The third kappa shape index (κ3) is 11.5. The molecule has 14 N–H and O–H groups in total. The molecule has 0 radical (unpaired) electrons. The third-order valence-electron chi connectivity index (χ3n) is 5.14. The van der Waals surface area contributed by atoms with Crippen LogP contribution in [0, 0.1) is 0 Å². The summed E-state index contributed by atoms with van der Waals surface area (Å²) < 4.78 is 0. The number of carbonyl (C=O) groups is 5. The van der Waals surface area contributed by atoms with Crippen molar-refractivity contribution in [3.05, 3.63) is 29.8 Å². The lowest BCUT2D eigenvalue weighted by Crippen LogP contribution is -2.58. The fraction of sp³-hybridized carbons (Fsp3) is 0.455. The number of phenols is 1. The van der Waals surface area contributed by atoms with Crippen LogP contribution in [-0.2, 0) is 30.4 Å². The van der Waals surface area contributed by atoms with Gasteiger partial charge in [-0.3, -0.25) is 24.2 Å². The number of carboxylic acids is 1. The molecule has 0 bridgehead atoms. The number of carbonyl (C=O) groups excluding carboxylic acids is 4. The van der Waals surface area contributed by atoms with Crippen LogP contribution in [0.1, 0.15) is 24.8 Å². The lowest BCUT2D eigenvalue weighted by atomic mass is 10.0. The molecule has 16 heteroatoms. The van der Waals surface area contributed by atoms with E-state index in [1.807, 2.05) is 0 Å². The Hall–Kier alpha value is -4.44. The number of aliphatic imine (C=N–C) groups is 1. The number of guanidine groups is 1. The molecule has 4 atom stereocenters. The van der Waals surface area contributed by atoms with Crippen molar-refractivity contribution < 1.29 is 39.3 Å². The number of rotatable bonds is 16. The van der Waals surface area contributed by atoms with Gasteiger partial charge in [0.05, 0.1) is 13.0 Å². The molecule has 1 rings (SSSR count). The highest BCUT2D eigenvalue weighted by atomic mass is 16.4. The predicted octanol–water partition coefficient (Wildman–Crippen LogP) is -4.28. The molecule has 4 amide bonds. The van der Waals surface area contributed by atoms with Gasteiger partial charge in [-0.1, -0.05) is 12.1 Å². The van der Waals surface area contributed by atoms with E-state index in [1.165, 1.54) is 24.3 Å². The van der Waals surface area contributed by atoms with Gasteiger partial charge >= 0.3 is 5.97 Å². The molecule has 16 nitrogen and oxygen atoms in total. The van der Waals surface area contributed by atoms with Gasteiger partial charge in [0.25, 0.3) is 0 Å². The van der Waals surface area contributed by atoms with Crippen LogP contribution in [-0.4, -0.2) is 88.2 Å². The van der Waals surface area contributed by atoms with Crippen molar-refractivity contribution in [3.63, 3.8) is 0 Å². The quantitative estimate of drug-likeness (QED) is 0.0545. The Balaban J connectivity index is 3.13. The first-order valence-electron chi connectivity index (χ1n) is 11.5. The van der Waals surface area contributed by atoms with Gasteiger partial charge in [-0.25, -0.2) is 4.79 Å². The highest BCUT2D eigenvalue weighted by Crippen LogP contribution is 2.12. The van der Waals surface area contributed by atoms with Gasteiger partial charge in [-0.05, 0) is 30.5 Å². The first-order valence-corrected chi connectivity index (χ1v) is 11.5. The number of nitrogens with two attached hydrogens (primary N) is 4. The van der Waals surface area contributed by atoms with Crippen molar-refractivity contribution in [1.82, 2.24) is 16.0 Å². The molecule has 0 saturated carbocycles.